The largest absolute Gasteiger partial charge is 0.481 e. The lowest BCUT2D eigenvalue weighted by molar-refractivity contribution is -0.141. The minimum absolute atomic E-state index is 0.0986. The van der Waals surface area contributed by atoms with Crippen LogP contribution in [0.25, 0.3) is 0 Å². The van der Waals surface area contributed by atoms with Crippen LogP contribution >= 0.6 is 0 Å². The average Bonchev–Trinajstić information content (AvgIpc) is 2.85. The fourth-order valence-corrected chi connectivity index (χ4v) is 3.25. The SMILES string of the molecule is COCCCS(=O)(=O)NCC(=O)N[C@@H]1CC[C@H](C(=O)O)C1. The Labute approximate surface area is 124 Å². The topological polar surface area (TPSA) is 122 Å². The van der Waals surface area contributed by atoms with Gasteiger partial charge in [0.2, 0.25) is 15.9 Å². The lowest BCUT2D eigenvalue weighted by atomic mass is 10.1. The second-order valence-electron chi connectivity index (χ2n) is 5.10. The van der Waals surface area contributed by atoms with Crippen LogP contribution in [0.1, 0.15) is 25.7 Å². The number of hydrogen-bond acceptors (Lipinski definition) is 5. The van der Waals surface area contributed by atoms with Gasteiger partial charge in [-0.3, -0.25) is 9.59 Å². The Morgan fingerprint density at radius 3 is 2.62 bits per heavy atom. The summed E-state index contributed by atoms with van der Waals surface area (Å²) in [6.07, 6.45) is 1.88. The summed E-state index contributed by atoms with van der Waals surface area (Å²) in [5, 5.41) is 11.5. The number of carboxylic acid groups (broad SMARTS) is 1. The van der Waals surface area contributed by atoms with E-state index in [2.05, 4.69) is 10.0 Å². The molecule has 0 aliphatic heterocycles. The first kappa shape index (κ1) is 17.9. The molecule has 2 atom stereocenters. The molecule has 0 radical (unpaired) electrons. The van der Waals surface area contributed by atoms with Crippen LogP contribution in [-0.2, 0) is 24.3 Å². The van der Waals surface area contributed by atoms with E-state index in [-0.39, 0.29) is 18.3 Å². The molecule has 0 bridgehead atoms. The van der Waals surface area contributed by atoms with Crippen LogP contribution in [0.4, 0.5) is 0 Å². The normalized spacial score (nSPS) is 22.1. The van der Waals surface area contributed by atoms with Crippen molar-refractivity contribution < 1.29 is 27.9 Å². The van der Waals surface area contributed by atoms with E-state index in [0.29, 0.717) is 32.3 Å². The predicted molar refractivity (Wildman–Crippen MR) is 75.2 cm³/mol. The predicted octanol–water partition coefficient (Wildman–Crippen LogP) is -0.688. The Bertz CT molecular complexity index is 464. The molecule has 1 aliphatic carbocycles. The zero-order valence-electron chi connectivity index (χ0n) is 12.0. The van der Waals surface area contributed by atoms with Crippen LogP contribution in [-0.4, -0.2) is 57.5 Å². The molecule has 0 aromatic carbocycles. The van der Waals surface area contributed by atoms with Crippen LogP contribution in [0.5, 0.6) is 0 Å². The minimum atomic E-state index is -3.49. The number of carboxylic acids is 1. The summed E-state index contributed by atoms with van der Waals surface area (Å²) in [5.74, 6) is -1.83. The Morgan fingerprint density at radius 2 is 2.05 bits per heavy atom. The summed E-state index contributed by atoms with van der Waals surface area (Å²) in [4.78, 5) is 22.4. The third-order valence-corrected chi connectivity index (χ3v) is 4.77. The van der Waals surface area contributed by atoms with Crippen LogP contribution < -0.4 is 10.0 Å². The molecule has 8 nitrogen and oxygen atoms in total. The van der Waals surface area contributed by atoms with Gasteiger partial charge in [-0.15, -0.1) is 0 Å². The molecule has 1 fully saturated rings. The molecule has 1 rings (SSSR count). The maximum Gasteiger partial charge on any atom is 0.306 e. The second kappa shape index (κ2) is 8.30. The number of hydrogen-bond donors (Lipinski definition) is 3. The van der Waals surface area contributed by atoms with Gasteiger partial charge in [0, 0.05) is 19.8 Å². The summed E-state index contributed by atoms with van der Waals surface area (Å²) >= 11 is 0. The van der Waals surface area contributed by atoms with Crippen molar-refractivity contribution in [1.82, 2.24) is 10.0 Å². The zero-order valence-corrected chi connectivity index (χ0v) is 12.8. The summed E-state index contributed by atoms with van der Waals surface area (Å²) < 4.78 is 30.1. The van der Waals surface area contributed by atoms with Crippen molar-refractivity contribution in [3.8, 4) is 0 Å². The molecule has 0 saturated heterocycles. The van der Waals surface area contributed by atoms with Crippen molar-refractivity contribution in [2.45, 2.75) is 31.7 Å². The molecule has 0 aromatic rings. The van der Waals surface area contributed by atoms with Gasteiger partial charge in [-0.2, -0.15) is 0 Å². The van der Waals surface area contributed by atoms with Gasteiger partial charge in [0.25, 0.3) is 0 Å². The number of sulfonamides is 1. The van der Waals surface area contributed by atoms with Crippen molar-refractivity contribution in [3.63, 3.8) is 0 Å². The molecule has 3 N–H and O–H groups in total. The highest BCUT2D eigenvalue weighted by Crippen LogP contribution is 2.25. The number of carbonyl (C=O) groups is 2. The Hall–Kier alpha value is -1.19. The molecule has 1 saturated carbocycles. The van der Waals surface area contributed by atoms with Crippen molar-refractivity contribution in [2.75, 3.05) is 26.0 Å². The van der Waals surface area contributed by atoms with E-state index in [9.17, 15) is 18.0 Å². The molecule has 0 unspecified atom stereocenters. The number of methoxy groups -OCH3 is 1. The highest BCUT2D eigenvalue weighted by atomic mass is 32.2. The van der Waals surface area contributed by atoms with E-state index < -0.39 is 27.8 Å². The monoisotopic (exact) mass is 322 g/mol. The Morgan fingerprint density at radius 1 is 1.33 bits per heavy atom. The van der Waals surface area contributed by atoms with Gasteiger partial charge >= 0.3 is 5.97 Å². The van der Waals surface area contributed by atoms with Gasteiger partial charge in [-0.25, -0.2) is 13.1 Å². The van der Waals surface area contributed by atoms with Gasteiger partial charge in [-0.1, -0.05) is 0 Å². The Balaban J connectivity index is 2.27. The minimum Gasteiger partial charge on any atom is -0.481 e. The van der Waals surface area contributed by atoms with Gasteiger partial charge in [-0.05, 0) is 25.7 Å². The molecule has 0 heterocycles. The summed E-state index contributed by atoms with van der Waals surface area (Å²) in [6, 6.07) is -0.198. The molecule has 1 amide bonds. The molecular weight excluding hydrogens is 300 g/mol. The highest BCUT2D eigenvalue weighted by molar-refractivity contribution is 7.89. The third-order valence-electron chi connectivity index (χ3n) is 3.36. The fourth-order valence-electron chi connectivity index (χ4n) is 2.26. The van der Waals surface area contributed by atoms with Gasteiger partial charge in [0.05, 0.1) is 18.2 Å². The van der Waals surface area contributed by atoms with Crippen LogP contribution in [0.2, 0.25) is 0 Å². The van der Waals surface area contributed by atoms with Gasteiger partial charge < -0.3 is 15.2 Å². The first-order valence-corrected chi connectivity index (χ1v) is 8.47. The first-order chi connectivity index (χ1) is 9.84. The number of nitrogens with one attached hydrogen (secondary N) is 2. The van der Waals surface area contributed by atoms with E-state index in [0.717, 1.165) is 0 Å². The molecule has 0 aromatic heterocycles. The van der Waals surface area contributed by atoms with Crippen molar-refractivity contribution in [1.29, 1.82) is 0 Å². The average molecular weight is 322 g/mol. The van der Waals surface area contributed by atoms with E-state index in [4.69, 9.17) is 9.84 Å². The lowest BCUT2D eigenvalue weighted by Gasteiger charge is -2.13. The highest BCUT2D eigenvalue weighted by Gasteiger charge is 2.30. The maximum absolute atomic E-state index is 11.6. The molecule has 1 aliphatic rings. The number of amides is 1. The number of ether oxygens (including phenoxy) is 1. The molecule has 9 heteroatoms. The molecule has 0 spiro atoms. The molecule has 122 valence electrons. The van der Waals surface area contributed by atoms with Crippen LogP contribution in [0, 0.1) is 5.92 Å². The second-order valence-corrected chi connectivity index (χ2v) is 7.03. The first-order valence-electron chi connectivity index (χ1n) is 6.82. The van der Waals surface area contributed by atoms with Crippen molar-refractivity contribution >= 4 is 21.9 Å². The fraction of sp³-hybridized carbons (Fsp3) is 0.833. The summed E-state index contributed by atoms with van der Waals surface area (Å²) in [7, 11) is -2.01. The Kier molecular flexibility index (Phi) is 7.06. The maximum atomic E-state index is 11.6. The van der Waals surface area contributed by atoms with E-state index in [1.807, 2.05) is 0 Å². The van der Waals surface area contributed by atoms with Crippen LogP contribution in [0.15, 0.2) is 0 Å². The van der Waals surface area contributed by atoms with E-state index in [1.165, 1.54) is 7.11 Å². The van der Waals surface area contributed by atoms with Gasteiger partial charge in [0.1, 0.15) is 0 Å². The summed E-state index contributed by atoms with van der Waals surface area (Å²) in [5.41, 5.74) is 0. The standard InChI is InChI=1S/C12H22N2O6S/c1-20-5-2-6-21(18,19)13-8-11(15)14-10-4-3-9(7-10)12(16)17/h9-10,13H,2-8H2,1H3,(H,14,15)(H,16,17)/t9-,10+/m0/s1. The zero-order chi connectivity index (χ0) is 15.9. The third kappa shape index (κ3) is 6.87. The van der Waals surface area contributed by atoms with E-state index in [1.54, 1.807) is 0 Å². The van der Waals surface area contributed by atoms with Crippen LogP contribution in [0.3, 0.4) is 0 Å². The molecule has 21 heavy (non-hydrogen) atoms. The van der Waals surface area contributed by atoms with E-state index >= 15 is 0 Å². The molecular formula is C12H22N2O6S. The summed E-state index contributed by atoms with van der Waals surface area (Å²) in [6.45, 7) is 0.00924. The number of rotatable bonds is 9. The van der Waals surface area contributed by atoms with Crippen molar-refractivity contribution in [2.24, 2.45) is 5.92 Å². The van der Waals surface area contributed by atoms with Crippen molar-refractivity contribution in [3.05, 3.63) is 0 Å². The quantitative estimate of drug-likeness (QED) is 0.483. The number of carbonyl (C=O) groups excluding carboxylic acids is 1. The number of aliphatic carboxylic acids is 1. The van der Waals surface area contributed by atoms with Gasteiger partial charge in [0.15, 0.2) is 0 Å². The lowest BCUT2D eigenvalue weighted by Crippen LogP contribution is -2.41. The smallest absolute Gasteiger partial charge is 0.306 e.